The first-order valence-electron chi connectivity index (χ1n) is 7.26. The fourth-order valence-electron chi connectivity index (χ4n) is 2.86. The van der Waals surface area contributed by atoms with Gasteiger partial charge in [-0.05, 0) is 55.0 Å². The highest BCUT2D eigenvalue weighted by Crippen LogP contribution is 2.38. The molecule has 2 heterocycles. The van der Waals surface area contributed by atoms with Crippen LogP contribution < -0.4 is 5.32 Å². The summed E-state index contributed by atoms with van der Waals surface area (Å²) in [5.41, 5.74) is 3.95. The van der Waals surface area contributed by atoms with Crippen molar-refractivity contribution in [3.63, 3.8) is 0 Å². The Morgan fingerprint density at radius 3 is 3.04 bits per heavy atom. The molecule has 1 aliphatic rings. The summed E-state index contributed by atoms with van der Waals surface area (Å²) >= 11 is 7.66. The molecule has 1 aliphatic carbocycles. The van der Waals surface area contributed by atoms with Gasteiger partial charge in [0.05, 0.1) is 0 Å². The third-order valence-corrected chi connectivity index (χ3v) is 5.25. The second-order valence-electron chi connectivity index (χ2n) is 5.51. The largest absolute Gasteiger partial charge is 0.355 e. The van der Waals surface area contributed by atoms with E-state index in [2.05, 4.69) is 10.5 Å². The van der Waals surface area contributed by atoms with Gasteiger partial charge in [0.15, 0.2) is 11.5 Å². The summed E-state index contributed by atoms with van der Waals surface area (Å²) in [6.07, 6.45) is 1.69. The van der Waals surface area contributed by atoms with E-state index in [0.29, 0.717) is 10.7 Å². The summed E-state index contributed by atoms with van der Waals surface area (Å²) in [4.78, 5) is 13.9. The van der Waals surface area contributed by atoms with Gasteiger partial charge in [0.2, 0.25) is 0 Å². The maximum absolute atomic E-state index is 12.6. The Morgan fingerprint density at radius 1 is 1.35 bits per heavy atom. The number of thiophene rings is 1. The summed E-state index contributed by atoms with van der Waals surface area (Å²) in [6, 6.07) is 7.38. The summed E-state index contributed by atoms with van der Waals surface area (Å²) in [6.45, 7) is 1.90. The van der Waals surface area contributed by atoms with Crippen LogP contribution in [0.5, 0.6) is 0 Å². The zero-order valence-electron chi connectivity index (χ0n) is 12.4. The molecule has 0 bridgehead atoms. The number of carbonyl (C=O) groups is 1. The van der Waals surface area contributed by atoms with Gasteiger partial charge in [-0.15, -0.1) is 11.3 Å². The highest BCUT2D eigenvalue weighted by molar-refractivity contribution is 7.10. The number of fused-ring (bicyclic) bond motifs is 3. The lowest BCUT2D eigenvalue weighted by molar-refractivity contribution is 0.101. The molecule has 0 unspecified atom stereocenters. The quantitative estimate of drug-likeness (QED) is 0.732. The van der Waals surface area contributed by atoms with Gasteiger partial charge in [0.1, 0.15) is 0 Å². The molecule has 0 atom stereocenters. The summed E-state index contributed by atoms with van der Waals surface area (Å²) in [7, 11) is 0. The van der Waals surface area contributed by atoms with Crippen molar-refractivity contribution in [2.45, 2.75) is 19.8 Å². The number of aromatic nitrogens is 1. The number of rotatable bonds is 2. The predicted molar refractivity (Wildman–Crippen MR) is 91.4 cm³/mol. The first-order valence-corrected chi connectivity index (χ1v) is 8.52. The lowest BCUT2D eigenvalue weighted by Gasteiger charge is -2.11. The van der Waals surface area contributed by atoms with Crippen molar-refractivity contribution >= 4 is 34.5 Å². The minimum absolute atomic E-state index is 0.251. The zero-order valence-corrected chi connectivity index (χ0v) is 13.9. The van der Waals surface area contributed by atoms with Gasteiger partial charge in [-0.25, -0.2) is 0 Å². The normalized spacial score (nSPS) is 12.6. The van der Waals surface area contributed by atoms with Crippen molar-refractivity contribution in [3.05, 3.63) is 56.4 Å². The number of hydrogen-bond donors (Lipinski definition) is 1. The highest BCUT2D eigenvalue weighted by atomic mass is 35.5. The van der Waals surface area contributed by atoms with Crippen LogP contribution in [0.1, 0.15) is 26.5 Å². The molecule has 0 radical (unpaired) electrons. The number of halogens is 1. The Kier molecular flexibility index (Phi) is 3.47. The summed E-state index contributed by atoms with van der Waals surface area (Å²) in [5, 5.41) is 9.59. The lowest BCUT2D eigenvalue weighted by atomic mass is 9.95. The molecule has 0 aliphatic heterocycles. The number of aryl methyl sites for hydroxylation is 2. The molecule has 0 saturated heterocycles. The molecule has 2 aromatic heterocycles. The Hall–Kier alpha value is -2.11. The maximum atomic E-state index is 12.6. The average molecular weight is 345 g/mol. The number of nitrogens with one attached hydrogen (secondary N) is 1. The minimum atomic E-state index is -0.251. The summed E-state index contributed by atoms with van der Waals surface area (Å²) < 4.78 is 5.45. The van der Waals surface area contributed by atoms with E-state index in [1.807, 2.05) is 24.4 Å². The molecule has 23 heavy (non-hydrogen) atoms. The highest BCUT2D eigenvalue weighted by Gasteiger charge is 2.28. The smallest absolute Gasteiger partial charge is 0.278 e. The van der Waals surface area contributed by atoms with E-state index in [1.54, 1.807) is 23.5 Å². The number of nitrogens with zero attached hydrogens (tertiary/aromatic N) is 1. The van der Waals surface area contributed by atoms with Gasteiger partial charge in [0, 0.05) is 26.7 Å². The van der Waals surface area contributed by atoms with Crippen molar-refractivity contribution in [2.24, 2.45) is 0 Å². The first-order chi connectivity index (χ1) is 11.1. The molecule has 0 spiro atoms. The summed E-state index contributed by atoms with van der Waals surface area (Å²) in [5.74, 6) is 0.476. The molecule has 0 saturated carbocycles. The van der Waals surface area contributed by atoms with E-state index in [1.165, 1.54) is 4.88 Å². The predicted octanol–water partition coefficient (Wildman–Crippen LogP) is 4.72. The Morgan fingerprint density at radius 2 is 2.22 bits per heavy atom. The molecule has 1 aromatic carbocycles. The Balaban J connectivity index is 1.66. The molecular weight excluding hydrogens is 332 g/mol. The number of benzene rings is 1. The molecule has 1 N–H and O–H groups in total. The molecule has 4 nitrogen and oxygen atoms in total. The van der Waals surface area contributed by atoms with Crippen LogP contribution in [0.15, 0.2) is 34.2 Å². The molecule has 3 aromatic rings. The van der Waals surface area contributed by atoms with Gasteiger partial charge >= 0.3 is 0 Å². The number of amides is 1. The van der Waals surface area contributed by atoms with Crippen molar-refractivity contribution in [1.29, 1.82) is 0 Å². The van der Waals surface area contributed by atoms with E-state index in [4.69, 9.17) is 16.1 Å². The van der Waals surface area contributed by atoms with Crippen LogP contribution in [0.2, 0.25) is 5.02 Å². The number of hydrogen-bond acceptors (Lipinski definition) is 4. The molecule has 116 valence electrons. The molecular formula is C17H13ClN2O2S. The van der Waals surface area contributed by atoms with Crippen LogP contribution in [-0.4, -0.2) is 11.1 Å². The third-order valence-electron chi connectivity index (χ3n) is 4.03. The van der Waals surface area contributed by atoms with E-state index in [0.717, 1.165) is 41.0 Å². The van der Waals surface area contributed by atoms with Gasteiger partial charge < -0.3 is 9.84 Å². The first kappa shape index (κ1) is 14.5. The van der Waals surface area contributed by atoms with Crippen LogP contribution in [0.3, 0.4) is 0 Å². The number of anilines is 1. The van der Waals surface area contributed by atoms with Crippen LogP contribution in [-0.2, 0) is 12.8 Å². The molecule has 4 rings (SSSR count). The van der Waals surface area contributed by atoms with Gasteiger partial charge in [-0.3, -0.25) is 4.79 Å². The molecule has 0 fully saturated rings. The third kappa shape index (κ3) is 2.46. The lowest BCUT2D eigenvalue weighted by Crippen LogP contribution is -2.16. The fourth-order valence-corrected chi connectivity index (χ4v) is 3.96. The maximum Gasteiger partial charge on any atom is 0.278 e. The fraction of sp³-hybridized carbons (Fsp3) is 0.176. The zero-order chi connectivity index (χ0) is 16.0. The van der Waals surface area contributed by atoms with Crippen molar-refractivity contribution < 1.29 is 9.32 Å². The van der Waals surface area contributed by atoms with E-state index < -0.39 is 0 Å². The van der Waals surface area contributed by atoms with Crippen LogP contribution in [0.4, 0.5) is 5.69 Å². The number of carbonyl (C=O) groups excluding carboxylic acids is 1. The average Bonchev–Trinajstić information content (AvgIpc) is 3.14. The second-order valence-corrected chi connectivity index (χ2v) is 6.95. The van der Waals surface area contributed by atoms with Crippen LogP contribution in [0, 0.1) is 6.92 Å². The standard InChI is InChI=1S/C17H13ClN2O2S/c1-9-8-10(18)2-4-13(9)19-17(21)15-12-3-5-14-11(6-7-23-14)16(12)22-20-15/h2,4,6-8H,3,5H2,1H3,(H,19,21). The van der Waals surface area contributed by atoms with E-state index in [9.17, 15) is 4.79 Å². The molecule has 6 heteroatoms. The van der Waals surface area contributed by atoms with Crippen molar-refractivity contribution in [3.8, 4) is 11.3 Å². The Bertz CT molecular complexity index is 913. The SMILES string of the molecule is Cc1cc(Cl)ccc1NC(=O)c1noc2c1CCc1sccc1-2. The topological polar surface area (TPSA) is 55.1 Å². The van der Waals surface area contributed by atoms with Gasteiger partial charge in [-0.2, -0.15) is 0 Å². The van der Waals surface area contributed by atoms with Crippen LogP contribution in [0.25, 0.3) is 11.3 Å². The van der Waals surface area contributed by atoms with E-state index in [-0.39, 0.29) is 5.91 Å². The van der Waals surface area contributed by atoms with E-state index >= 15 is 0 Å². The molecule has 1 amide bonds. The van der Waals surface area contributed by atoms with Crippen LogP contribution >= 0.6 is 22.9 Å². The van der Waals surface area contributed by atoms with Crippen molar-refractivity contribution in [1.82, 2.24) is 5.16 Å². The van der Waals surface area contributed by atoms with Gasteiger partial charge in [0.25, 0.3) is 5.91 Å². The monoisotopic (exact) mass is 344 g/mol. The van der Waals surface area contributed by atoms with Gasteiger partial charge in [-0.1, -0.05) is 16.8 Å². The Labute approximate surface area is 142 Å². The van der Waals surface area contributed by atoms with Crippen molar-refractivity contribution in [2.75, 3.05) is 5.32 Å². The second kappa shape index (κ2) is 5.51. The minimum Gasteiger partial charge on any atom is -0.355 e.